The van der Waals surface area contributed by atoms with Crippen LogP contribution in [0.2, 0.25) is 0 Å². The molecule has 2 amide bonds. The molecule has 0 unspecified atom stereocenters. The molecular weight excluding hydrogens is 605 g/mol. The number of benzene rings is 1. The number of halogens is 2. The van der Waals surface area contributed by atoms with Gasteiger partial charge in [-0.15, -0.1) is 0 Å². The Balaban J connectivity index is 1.43. The lowest BCUT2D eigenvalue weighted by Crippen LogP contribution is -2.55. The third kappa shape index (κ3) is 5.86. The molecule has 5 rings (SSSR count). The van der Waals surface area contributed by atoms with E-state index in [1.165, 1.54) is 12.4 Å². The van der Waals surface area contributed by atoms with Crippen LogP contribution in [0.4, 0.5) is 15.0 Å². The minimum absolute atomic E-state index is 0.139. The summed E-state index contributed by atoms with van der Waals surface area (Å²) in [6.45, 7) is 13.4. The number of aliphatic hydroxyl groups excluding tert-OH is 1. The molecule has 0 radical (unpaired) electrons. The second-order valence-electron chi connectivity index (χ2n) is 13.4. The summed E-state index contributed by atoms with van der Waals surface area (Å²) in [5.41, 5.74) is 0.653. The number of aliphatic hydroxyl groups is 1. The van der Waals surface area contributed by atoms with Crippen LogP contribution >= 0.6 is 15.9 Å². The van der Waals surface area contributed by atoms with Gasteiger partial charge in [0.25, 0.3) is 0 Å². The van der Waals surface area contributed by atoms with E-state index in [1.54, 1.807) is 21.9 Å². The van der Waals surface area contributed by atoms with Gasteiger partial charge in [-0.1, -0.05) is 28.9 Å². The van der Waals surface area contributed by atoms with Crippen molar-refractivity contribution in [3.63, 3.8) is 0 Å². The van der Waals surface area contributed by atoms with Crippen LogP contribution in [0.25, 0.3) is 0 Å². The van der Waals surface area contributed by atoms with E-state index in [2.05, 4.69) is 37.7 Å². The lowest BCUT2D eigenvalue weighted by atomic mass is 9.87. The van der Waals surface area contributed by atoms with E-state index in [4.69, 9.17) is 4.74 Å². The van der Waals surface area contributed by atoms with E-state index in [0.29, 0.717) is 55.6 Å². The second-order valence-corrected chi connectivity index (χ2v) is 14.3. The van der Waals surface area contributed by atoms with E-state index in [1.807, 2.05) is 34.6 Å². The number of nitrogens with zero attached hydrogens (tertiary/aromatic N) is 5. The minimum atomic E-state index is -0.891. The monoisotopic (exact) mass is 645 g/mol. The van der Waals surface area contributed by atoms with Crippen molar-refractivity contribution in [1.82, 2.24) is 19.8 Å². The summed E-state index contributed by atoms with van der Waals surface area (Å²) in [5, 5.41) is 10.4. The maximum absolute atomic E-state index is 15.6. The number of rotatable bonds is 4. The lowest BCUT2D eigenvalue weighted by Gasteiger charge is -2.42. The minimum Gasteiger partial charge on any atom is -0.444 e. The van der Waals surface area contributed by atoms with Crippen LogP contribution in [0.1, 0.15) is 95.6 Å². The Morgan fingerprint density at radius 3 is 2.50 bits per heavy atom. The van der Waals surface area contributed by atoms with Crippen LogP contribution in [0, 0.1) is 5.82 Å². The summed E-state index contributed by atoms with van der Waals surface area (Å²) in [4.78, 5) is 42.4. The summed E-state index contributed by atoms with van der Waals surface area (Å²) in [6, 6.07) is 4.19. The molecule has 2 fully saturated rings. The number of hydrogen-bond donors (Lipinski definition) is 1. The molecule has 2 aliphatic heterocycles. The zero-order chi connectivity index (χ0) is 30.6. The number of ether oxygens (including phenoxy) is 1. The summed E-state index contributed by atoms with van der Waals surface area (Å²) in [7, 11) is 0. The summed E-state index contributed by atoms with van der Waals surface area (Å²) in [6.07, 6.45) is 2.23. The van der Waals surface area contributed by atoms with Crippen LogP contribution in [0.3, 0.4) is 0 Å². The quantitative estimate of drug-likeness (QED) is 0.467. The Hall–Kier alpha value is -2.79. The number of amides is 2. The van der Waals surface area contributed by atoms with Crippen molar-refractivity contribution in [2.75, 3.05) is 31.1 Å². The lowest BCUT2D eigenvalue weighted by molar-refractivity contribution is -0.134. The van der Waals surface area contributed by atoms with Gasteiger partial charge in [-0.05, 0) is 71.9 Å². The molecule has 3 heterocycles. The van der Waals surface area contributed by atoms with E-state index >= 15 is 4.39 Å². The maximum Gasteiger partial charge on any atom is 0.411 e. The van der Waals surface area contributed by atoms with Crippen LogP contribution < -0.4 is 4.90 Å². The summed E-state index contributed by atoms with van der Waals surface area (Å²) in [5.74, 6) is -0.638. The van der Waals surface area contributed by atoms with Crippen molar-refractivity contribution < 1.29 is 23.8 Å². The Bertz CT molecular complexity index is 1360. The van der Waals surface area contributed by atoms with E-state index in [0.717, 1.165) is 11.4 Å². The first-order valence-electron chi connectivity index (χ1n) is 14.7. The number of anilines is 1. The molecule has 11 heteroatoms. The molecule has 0 bridgehead atoms. The van der Waals surface area contributed by atoms with Gasteiger partial charge in [-0.25, -0.2) is 19.2 Å². The molecule has 228 valence electrons. The number of carbonyl (C=O) groups excluding carboxylic acids is 2. The van der Waals surface area contributed by atoms with Crippen molar-refractivity contribution >= 4 is 33.7 Å². The number of fused-ring (bicyclic) bond motifs is 1. The number of piperazine rings is 1. The first-order chi connectivity index (χ1) is 19.7. The van der Waals surface area contributed by atoms with Crippen molar-refractivity contribution in [1.29, 1.82) is 0 Å². The smallest absolute Gasteiger partial charge is 0.411 e. The van der Waals surface area contributed by atoms with Gasteiger partial charge in [0.1, 0.15) is 23.6 Å². The molecule has 0 saturated carbocycles. The number of hydrogen-bond acceptors (Lipinski definition) is 7. The highest BCUT2D eigenvalue weighted by molar-refractivity contribution is 9.10. The largest absolute Gasteiger partial charge is 0.444 e. The molecule has 1 aliphatic carbocycles. The van der Waals surface area contributed by atoms with Gasteiger partial charge in [-0.2, -0.15) is 0 Å². The number of carbonyl (C=O) groups is 2. The average Bonchev–Trinajstić information content (AvgIpc) is 3.38. The predicted octanol–water partition coefficient (Wildman–Crippen LogP) is 5.53. The molecule has 42 heavy (non-hydrogen) atoms. The Morgan fingerprint density at radius 2 is 1.86 bits per heavy atom. The maximum atomic E-state index is 15.6. The fourth-order valence-corrected chi connectivity index (χ4v) is 7.09. The molecule has 0 spiro atoms. The Labute approximate surface area is 255 Å². The second kappa shape index (κ2) is 11.4. The zero-order valence-electron chi connectivity index (χ0n) is 25.2. The normalized spacial score (nSPS) is 24.5. The molecule has 4 atom stereocenters. The van der Waals surface area contributed by atoms with Gasteiger partial charge in [0.15, 0.2) is 0 Å². The fourth-order valence-electron chi connectivity index (χ4n) is 6.76. The summed E-state index contributed by atoms with van der Waals surface area (Å²) < 4.78 is 21.9. The van der Waals surface area contributed by atoms with Crippen molar-refractivity contribution in [2.45, 2.75) is 95.9 Å². The Kier molecular flexibility index (Phi) is 8.30. The highest BCUT2D eigenvalue weighted by Gasteiger charge is 2.51. The van der Waals surface area contributed by atoms with Gasteiger partial charge in [-0.3, -0.25) is 9.69 Å². The predicted molar refractivity (Wildman–Crippen MR) is 161 cm³/mol. The van der Waals surface area contributed by atoms with Gasteiger partial charge in [0, 0.05) is 47.3 Å². The van der Waals surface area contributed by atoms with Gasteiger partial charge in [0.2, 0.25) is 5.91 Å². The van der Waals surface area contributed by atoms with Gasteiger partial charge in [0.05, 0.1) is 23.8 Å². The first-order valence-corrected chi connectivity index (χ1v) is 15.5. The van der Waals surface area contributed by atoms with Crippen LogP contribution in [-0.4, -0.2) is 80.2 Å². The molecule has 1 aromatic heterocycles. The van der Waals surface area contributed by atoms with E-state index in [-0.39, 0.29) is 17.4 Å². The van der Waals surface area contributed by atoms with Gasteiger partial charge < -0.3 is 19.6 Å². The van der Waals surface area contributed by atoms with E-state index in [9.17, 15) is 14.7 Å². The molecule has 2 saturated heterocycles. The van der Waals surface area contributed by atoms with Crippen LogP contribution in [0.15, 0.2) is 29.0 Å². The Morgan fingerprint density at radius 1 is 1.17 bits per heavy atom. The number of likely N-dealkylation sites (tertiary alicyclic amines) is 1. The van der Waals surface area contributed by atoms with Crippen LogP contribution in [-0.2, 0) is 9.53 Å². The van der Waals surface area contributed by atoms with Crippen molar-refractivity contribution in [2.24, 2.45) is 0 Å². The molecule has 9 nitrogen and oxygen atoms in total. The molecule has 1 aromatic carbocycles. The molecule has 3 aliphatic rings. The fraction of sp³-hybridized carbons (Fsp3) is 0.613. The average molecular weight is 647 g/mol. The molecule has 2 aromatic rings. The third-order valence-corrected chi connectivity index (χ3v) is 9.24. The standard InChI is InChI=1S/C31H41BrFN5O4/c1-18-15-23(39)26-24(18)27(35-17-34-26)36-11-13-37(14-12-36)28(40)25(20-8-7-19(32)16-21(20)33)22-9-10-31(5,6)38(22)29(41)42-30(2,3)4/h7-8,16-18,22-23,25,39H,9-15H2,1-6H3/t18-,22+,23-,25+/m1/s1. The number of aromatic nitrogens is 2. The first kappa shape index (κ1) is 30.7. The highest BCUT2D eigenvalue weighted by Crippen LogP contribution is 2.44. The molecule has 1 N–H and O–H groups in total. The molecular formula is C31H41BrFN5O4. The van der Waals surface area contributed by atoms with Gasteiger partial charge >= 0.3 is 6.09 Å². The topological polar surface area (TPSA) is 99.1 Å². The van der Waals surface area contributed by atoms with Crippen LogP contribution in [0.5, 0.6) is 0 Å². The van der Waals surface area contributed by atoms with E-state index < -0.39 is 41.1 Å². The van der Waals surface area contributed by atoms with Crippen molar-refractivity contribution in [3.05, 3.63) is 51.6 Å². The van der Waals surface area contributed by atoms with Crippen molar-refractivity contribution in [3.8, 4) is 0 Å². The SMILES string of the molecule is C[C@@H]1C[C@@H](O)c2ncnc(N3CCN(C(=O)[C@@H](c4ccc(Br)cc4F)[C@@H]4CCC(C)(C)N4C(=O)OC(C)(C)C)CC3)c21. The zero-order valence-corrected chi connectivity index (χ0v) is 26.8. The third-order valence-electron chi connectivity index (χ3n) is 8.74. The highest BCUT2D eigenvalue weighted by atomic mass is 79.9. The summed E-state index contributed by atoms with van der Waals surface area (Å²) >= 11 is 3.34.